The summed E-state index contributed by atoms with van der Waals surface area (Å²) >= 11 is 0. The van der Waals surface area contributed by atoms with Gasteiger partial charge in [-0.3, -0.25) is 0 Å². The van der Waals surface area contributed by atoms with Gasteiger partial charge in [-0.15, -0.1) is 17.6 Å². The van der Waals surface area contributed by atoms with Gasteiger partial charge in [-0.2, -0.15) is 24.1 Å². The summed E-state index contributed by atoms with van der Waals surface area (Å²) in [5.41, 5.74) is 3.31. The summed E-state index contributed by atoms with van der Waals surface area (Å²) in [6.45, 7) is 0. The third kappa shape index (κ3) is 2.49. The van der Waals surface area contributed by atoms with Gasteiger partial charge in [0.1, 0.15) is 0 Å². The quantitative estimate of drug-likeness (QED) is 0.514. The molecule has 0 N–H and O–H groups in total. The van der Waals surface area contributed by atoms with E-state index in [0.717, 1.165) is 11.1 Å². The molecule has 2 aromatic carbocycles. The van der Waals surface area contributed by atoms with Crippen LogP contribution in [0.2, 0.25) is 0 Å². The number of benzene rings is 1. The number of anilines is 1. The minimum atomic E-state index is 1.05. The van der Waals surface area contributed by atoms with Gasteiger partial charge in [0.05, 0.1) is 0 Å². The average Bonchev–Trinajstić information content (AvgIpc) is 2.80. The van der Waals surface area contributed by atoms with E-state index in [2.05, 4.69) is 28.9 Å². The van der Waals surface area contributed by atoms with Crippen molar-refractivity contribution in [3.05, 3.63) is 59.7 Å². The summed E-state index contributed by atoms with van der Waals surface area (Å²) in [6.07, 6.45) is 0. The van der Waals surface area contributed by atoms with E-state index in [1.165, 1.54) is 5.69 Å². The van der Waals surface area contributed by atoms with Crippen LogP contribution >= 0.6 is 0 Å². The monoisotopic (exact) mass is 208 g/mol. The summed E-state index contributed by atoms with van der Waals surface area (Å²) in [7, 11) is 4.06. The van der Waals surface area contributed by atoms with Crippen molar-refractivity contribution in [1.29, 1.82) is 0 Å². The molecule has 0 heterocycles. The summed E-state index contributed by atoms with van der Waals surface area (Å²) in [5, 5.41) is 0. The number of hydrogen-bond acceptors (Lipinski definition) is 1. The second kappa shape index (κ2) is 4.63. The summed E-state index contributed by atoms with van der Waals surface area (Å²) in [6, 6.07) is 16.3. The van der Waals surface area contributed by atoms with Crippen LogP contribution in [0, 0.1) is 11.8 Å². The van der Waals surface area contributed by atoms with Crippen molar-refractivity contribution in [3.63, 3.8) is 0 Å². The highest BCUT2D eigenvalue weighted by Gasteiger charge is 1.92. The molecule has 0 atom stereocenters. The zero-order valence-electron chi connectivity index (χ0n) is 9.57. The van der Waals surface area contributed by atoms with Crippen LogP contribution in [-0.2, 0) is 0 Å². The van der Waals surface area contributed by atoms with E-state index < -0.39 is 0 Å². The van der Waals surface area contributed by atoms with Crippen molar-refractivity contribution >= 4 is 5.69 Å². The molecule has 2 aromatic rings. The van der Waals surface area contributed by atoms with Gasteiger partial charge in [0.15, 0.2) is 0 Å². The molecule has 0 unspecified atom stereocenters. The predicted octanol–water partition coefficient (Wildman–Crippen LogP) is 2.87. The first-order chi connectivity index (χ1) is 7.75. The van der Waals surface area contributed by atoms with E-state index >= 15 is 0 Å². The van der Waals surface area contributed by atoms with Crippen molar-refractivity contribution in [2.24, 2.45) is 0 Å². The Morgan fingerprint density at radius 2 is 1.75 bits per heavy atom. The van der Waals surface area contributed by atoms with Gasteiger partial charge < -0.3 is 4.90 Å². The van der Waals surface area contributed by atoms with Gasteiger partial charge in [0, 0.05) is 25.3 Å². The van der Waals surface area contributed by atoms with Crippen LogP contribution in [-0.4, -0.2) is 14.1 Å². The molecule has 0 amide bonds. The second-order valence-electron chi connectivity index (χ2n) is 3.86. The van der Waals surface area contributed by atoms with Gasteiger partial charge in [-0.1, -0.05) is 0 Å². The first kappa shape index (κ1) is 10.4. The Labute approximate surface area is 96.7 Å². The first-order valence-electron chi connectivity index (χ1n) is 5.27. The number of hydrogen-bond donors (Lipinski definition) is 0. The molecule has 1 heteroatoms. The Balaban J connectivity index is 2.17. The molecule has 0 aliphatic heterocycles. The lowest BCUT2D eigenvalue weighted by atomic mass is 10.2. The Kier molecular flexibility index (Phi) is 3.03. The fourth-order valence-electron chi connectivity index (χ4n) is 1.44. The maximum Gasteiger partial charge on any atom is 0.0361 e. The highest BCUT2D eigenvalue weighted by atomic mass is 15.1. The number of nitrogens with zero attached hydrogens (tertiary/aromatic N) is 1. The molecule has 0 saturated carbocycles. The molecule has 0 spiro atoms. The van der Waals surface area contributed by atoms with Crippen LogP contribution in [0.3, 0.4) is 0 Å². The minimum Gasteiger partial charge on any atom is -0.378 e. The van der Waals surface area contributed by atoms with E-state index in [1.54, 1.807) is 0 Å². The van der Waals surface area contributed by atoms with Crippen molar-refractivity contribution in [1.82, 2.24) is 0 Å². The van der Waals surface area contributed by atoms with Gasteiger partial charge in [0.2, 0.25) is 0 Å². The Bertz CT molecular complexity index is 493. The van der Waals surface area contributed by atoms with Crippen LogP contribution in [0.15, 0.2) is 48.5 Å². The van der Waals surface area contributed by atoms with Crippen LogP contribution in [0.25, 0.3) is 0 Å². The van der Waals surface area contributed by atoms with Crippen molar-refractivity contribution in [2.75, 3.05) is 19.0 Å². The topological polar surface area (TPSA) is 3.24 Å². The molecule has 16 heavy (non-hydrogen) atoms. The Hall–Kier alpha value is -2.07. The average molecular weight is 208 g/mol. The highest BCUT2D eigenvalue weighted by Crippen LogP contribution is 2.11. The maximum absolute atomic E-state index is 3.14. The van der Waals surface area contributed by atoms with E-state index in [9.17, 15) is 0 Å². The molecule has 80 valence electrons. The molecule has 0 aliphatic carbocycles. The smallest absolute Gasteiger partial charge is 0.0361 e. The fourth-order valence-corrected chi connectivity index (χ4v) is 1.44. The van der Waals surface area contributed by atoms with Crippen LogP contribution < -0.4 is 4.90 Å². The van der Waals surface area contributed by atoms with Crippen molar-refractivity contribution in [3.8, 4) is 11.8 Å². The third-order valence-corrected chi connectivity index (χ3v) is 2.40. The van der Waals surface area contributed by atoms with Crippen LogP contribution in [0.1, 0.15) is 11.1 Å². The lowest BCUT2D eigenvalue weighted by molar-refractivity contribution is 1.13. The molecular weight excluding hydrogens is 194 g/mol. The Morgan fingerprint density at radius 3 is 2.31 bits per heavy atom. The van der Waals surface area contributed by atoms with E-state index in [0.29, 0.717) is 0 Å². The molecule has 0 fully saturated rings. The zero-order chi connectivity index (χ0) is 11.4. The maximum atomic E-state index is 3.14. The Morgan fingerprint density at radius 1 is 1.00 bits per heavy atom. The van der Waals surface area contributed by atoms with Gasteiger partial charge >= 0.3 is 0 Å². The van der Waals surface area contributed by atoms with E-state index in [1.807, 2.05) is 50.5 Å². The summed E-state index contributed by atoms with van der Waals surface area (Å²) < 4.78 is 0. The fraction of sp³-hybridized carbons (Fsp3) is 0.133. The van der Waals surface area contributed by atoms with Gasteiger partial charge in [0.25, 0.3) is 0 Å². The zero-order valence-corrected chi connectivity index (χ0v) is 9.57. The largest absolute Gasteiger partial charge is 0.378 e. The van der Waals surface area contributed by atoms with Crippen molar-refractivity contribution in [2.45, 2.75) is 0 Å². The number of rotatable bonds is 1. The second-order valence-corrected chi connectivity index (χ2v) is 3.86. The molecule has 1 nitrogen and oxygen atoms in total. The van der Waals surface area contributed by atoms with Crippen molar-refractivity contribution < 1.29 is 0 Å². The lowest BCUT2D eigenvalue weighted by Crippen LogP contribution is -2.07. The molecular formula is C15H14N-. The van der Waals surface area contributed by atoms with Gasteiger partial charge in [-0.25, -0.2) is 0 Å². The summed E-state index contributed by atoms with van der Waals surface area (Å²) in [4.78, 5) is 2.08. The van der Waals surface area contributed by atoms with E-state index in [-0.39, 0.29) is 0 Å². The summed E-state index contributed by atoms with van der Waals surface area (Å²) in [5.74, 6) is 6.27. The molecule has 0 saturated heterocycles. The standard InChI is InChI=1S/C15H14N/c1-16(2)15-11-9-14(10-12-15)8-7-13-5-3-4-6-13/h3-6,9-12H,1-2H3/q-1. The highest BCUT2D eigenvalue weighted by molar-refractivity contribution is 5.50. The van der Waals surface area contributed by atoms with E-state index in [4.69, 9.17) is 0 Å². The van der Waals surface area contributed by atoms with Crippen LogP contribution in [0.4, 0.5) is 5.69 Å². The van der Waals surface area contributed by atoms with Crippen LogP contribution in [0.5, 0.6) is 0 Å². The predicted molar refractivity (Wildman–Crippen MR) is 68.8 cm³/mol. The first-order valence-corrected chi connectivity index (χ1v) is 5.27. The molecule has 0 bridgehead atoms. The minimum absolute atomic E-state index is 1.05. The molecule has 0 radical (unpaired) electrons. The molecule has 0 aromatic heterocycles. The SMILES string of the molecule is CN(C)c1ccc(C#Cc2ccc[cH-]2)cc1. The third-order valence-electron chi connectivity index (χ3n) is 2.40. The lowest BCUT2D eigenvalue weighted by Gasteiger charge is -2.11. The molecule has 0 aliphatic rings. The molecule has 2 rings (SSSR count). The normalized spacial score (nSPS) is 9.38. The van der Waals surface area contributed by atoms with Gasteiger partial charge in [-0.05, 0) is 24.3 Å².